The van der Waals surface area contributed by atoms with Crippen molar-refractivity contribution in [1.82, 2.24) is 9.80 Å². The highest BCUT2D eigenvalue weighted by atomic mass is 15.3. The van der Waals surface area contributed by atoms with Gasteiger partial charge < -0.3 is 15.5 Å². The van der Waals surface area contributed by atoms with Crippen LogP contribution in [0.2, 0.25) is 0 Å². The average Bonchev–Trinajstić information content (AvgIpc) is 2.73. The molecule has 1 saturated heterocycles. The minimum atomic E-state index is 0.493. The van der Waals surface area contributed by atoms with Gasteiger partial charge in [-0.1, -0.05) is 20.3 Å². The van der Waals surface area contributed by atoms with Gasteiger partial charge >= 0.3 is 0 Å². The maximum atomic E-state index is 6.14. The SMILES string of the molecule is CC(C)CN1CCN(CCC2CCCC2N)CC1. The van der Waals surface area contributed by atoms with Crippen molar-refractivity contribution in [2.75, 3.05) is 39.3 Å². The van der Waals surface area contributed by atoms with Gasteiger partial charge in [0.25, 0.3) is 0 Å². The van der Waals surface area contributed by atoms with E-state index in [0.717, 1.165) is 11.8 Å². The summed E-state index contributed by atoms with van der Waals surface area (Å²) in [4.78, 5) is 5.25. The Morgan fingerprint density at radius 3 is 2.28 bits per heavy atom. The van der Waals surface area contributed by atoms with Crippen LogP contribution in [-0.2, 0) is 0 Å². The fraction of sp³-hybridized carbons (Fsp3) is 1.00. The maximum absolute atomic E-state index is 6.14. The highest BCUT2D eigenvalue weighted by molar-refractivity contribution is 4.82. The van der Waals surface area contributed by atoms with Crippen molar-refractivity contribution in [3.8, 4) is 0 Å². The van der Waals surface area contributed by atoms with Crippen LogP contribution in [0, 0.1) is 11.8 Å². The molecule has 1 aliphatic heterocycles. The molecule has 2 rings (SSSR count). The van der Waals surface area contributed by atoms with Gasteiger partial charge in [-0.3, -0.25) is 0 Å². The first kappa shape index (κ1) is 14.3. The molecule has 0 radical (unpaired) electrons. The van der Waals surface area contributed by atoms with Gasteiger partial charge in [0, 0.05) is 38.8 Å². The Kier molecular flexibility index (Phi) is 5.46. The zero-order valence-corrected chi connectivity index (χ0v) is 12.3. The lowest BCUT2D eigenvalue weighted by molar-refractivity contribution is 0.117. The third kappa shape index (κ3) is 4.22. The molecule has 2 unspecified atom stereocenters. The third-order valence-corrected chi connectivity index (χ3v) is 4.62. The molecule has 3 nitrogen and oxygen atoms in total. The number of hydrogen-bond acceptors (Lipinski definition) is 3. The standard InChI is InChI=1S/C15H31N3/c1-13(2)12-18-10-8-17(9-11-18)7-6-14-4-3-5-15(14)16/h13-15H,3-12,16H2,1-2H3. The van der Waals surface area contributed by atoms with E-state index in [1.165, 1.54) is 65.0 Å². The smallest absolute Gasteiger partial charge is 0.0110 e. The van der Waals surface area contributed by atoms with E-state index in [9.17, 15) is 0 Å². The van der Waals surface area contributed by atoms with Gasteiger partial charge in [-0.25, -0.2) is 0 Å². The van der Waals surface area contributed by atoms with Crippen LogP contribution in [0.4, 0.5) is 0 Å². The Morgan fingerprint density at radius 2 is 1.72 bits per heavy atom. The topological polar surface area (TPSA) is 32.5 Å². The highest BCUT2D eigenvalue weighted by Gasteiger charge is 2.25. The molecule has 2 aliphatic rings. The number of rotatable bonds is 5. The number of nitrogens with zero attached hydrogens (tertiary/aromatic N) is 2. The molecule has 0 aromatic rings. The largest absolute Gasteiger partial charge is 0.327 e. The van der Waals surface area contributed by atoms with E-state index in [-0.39, 0.29) is 0 Å². The summed E-state index contributed by atoms with van der Waals surface area (Å²) in [7, 11) is 0. The van der Waals surface area contributed by atoms with Crippen molar-refractivity contribution in [2.24, 2.45) is 17.6 Å². The number of hydrogen-bond donors (Lipinski definition) is 1. The first-order chi connectivity index (χ1) is 8.65. The molecule has 106 valence electrons. The molecular formula is C15H31N3. The first-order valence-electron chi connectivity index (χ1n) is 7.85. The Bertz CT molecular complexity index is 234. The summed E-state index contributed by atoms with van der Waals surface area (Å²) in [6, 6.07) is 0.493. The second-order valence-electron chi connectivity index (χ2n) is 6.68. The Labute approximate surface area is 113 Å². The fourth-order valence-electron chi connectivity index (χ4n) is 3.48. The Balaban J connectivity index is 1.61. The molecule has 0 spiro atoms. The molecule has 2 fully saturated rings. The van der Waals surface area contributed by atoms with Gasteiger partial charge in [-0.2, -0.15) is 0 Å². The zero-order valence-electron chi connectivity index (χ0n) is 12.3. The van der Waals surface area contributed by atoms with E-state index in [2.05, 4.69) is 23.6 Å². The predicted molar refractivity (Wildman–Crippen MR) is 77.7 cm³/mol. The molecule has 0 aromatic heterocycles. The van der Waals surface area contributed by atoms with Crippen LogP contribution in [0.1, 0.15) is 39.5 Å². The predicted octanol–water partition coefficient (Wildman–Crippen LogP) is 1.78. The van der Waals surface area contributed by atoms with Crippen LogP contribution in [0.25, 0.3) is 0 Å². The van der Waals surface area contributed by atoms with Gasteiger partial charge in [0.1, 0.15) is 0 Å². The Hall–Kier alpha value is -0.120. The molecule has 0 amide bonds. The van der Waals surface area contributed by atoms with Gasteiger partial charge in [-0.15, -0.1) is 0 Å². The van der Waals surface area contributed by atoms with Crippen LogP contribution in [0.15, 0.2) is 0 Å². The van der Waals surface area contributed by atoms with Crippen LogP contribution in [0.3, 0.4) is 0 Å². The van der Waals surface area contributed by atoms with E-state index in [0.29, 0.717) is 6.04 Å². The van der Waals surface area contributed by atoms with Crippen molar-refractivity contribution in [3.63, 3.8) is 0 Å². The summed E-state index contributed by atoms with van der Waals surface area (Å²) in [6.07, 6.45) is 5.31. The fourth-order valence-corrected chi connectivity index (χ4v) is 3.48. The lowest BCUT2D eigenvalue weighted by Gasteiger charge is -2.36. The maximum Gasteiger partial charge on any atom is 0.0110 e. The molecule has 2 N–H and O–H groups in total. The van der Waals surface area contributed by atoms with Crippen LogP contribution >= 0.6 is 0 Å². The highest BCUT2D eigenvalue weighted by Crippen LogP contribution is 2.27. The van der Waals surface area contributed by atoms with Crippen LogP contribution in [0.5, 0.6) is 0 Å². The molecule has 1 heterocycles. The van der Waals surface area contributed by atoms with Gasteiger partial charge in [0.05, 0.1) is 0 Å². The van der Waals surface area contributed by atoms with Crippen molar-refractivity contribution in [1.29, 1.82) is 0 Å². The van der Waals surface area contributed by atoms with Gasteiger partial charge in [-0.05, 0) is 37.6 Å². The van der Waals surface area contributed by atoms with Gasteiger partial charge in [0.15, 0.2) is 0 Å². The van der Waals surface area contributed by atoms with Crippen molar-refractivity contribution >= 4 is 0 Å². The first-order valence-corrected chi connectivity index (χ1v) is 7.85. The lowest BCUT2D eigenvalue weighted by Crippen LogP contribution is -2.47. The molecule has 18 heavy (non-hydrogen) atoms. The van der Waals surface area contributed by atoms with Crippen LogP contribution in [-0.4, -0.2) is 55.1 Å². The second kappa shape index (κ2) is 6.88. The van der Waals surface area contributed by atoms with Crippen LogP contribution < -0.4 is 5.73 Å². The molecule has 0 bridgehead atoms. The van der Waals surface area contributed by atoms with E-state index >= 15 is 0 Å². The third-order valence-electron chi connectivity index (χ3n) is 4.62. The summed E-state index contributed by atoms with van der Waals surface area (Å²) < 4.78 is 0. The van der Waals surface area contributed by atoms with Crippen molar-refractivity contribution in [2.45, 2.75) is 45.6 Å². The zero-order chi connectivity index (χ0) is 13.0. The normalized spacial score (nSPS) is 31.3. The molecule has 1 saturated carbocycles. The molecule has 0 aromatic carbocycles. The minimum Gasteiger partial charge on any atom is -0.327 e. The minimum absolute atomic E-state index is 0.493. The quantitative estimate of drug-likeness (QED) is 0.810. The summed E-state index contributed by atoms with van der Waals surface area (Å²) in [6.45, 7) is 12.2. The number of piperazine rings is 1. The molecule has 1 aliphatic carbocycles. The van der Waals surface area contributed by atoms with E-state index in [4.69, 9.17) is 5.73 Å². The van der Waals surface area contributed by atoms with Crippen molar-refractivity contribution < 1.29 is 0 Å². The van der Waals surface area contributed by atoms with E-state index < -0.39 is 0 Å². The molecule has 3 heteroatoms. The second-order valence-corrected chi connectivity index (χ2v) is 6.68. The summed E-state index contributed by atoms with van der Waals surface area (Å²) in [5, 5.41) is 0. The average molecular weight is 253 g/mol. The Morgan fingerprint density at radius 1 is 1.06 bits per heavy atom. The number of nitrogens with two attached hydrogens (primary N) is 1. The summed E-state index contributed by atoms with van der Waals surface area (Å²) in [5.74, 6) is 1.60. The van der Waals surface area contributed by atoms with E-state index in [1.807, 2.05) is 0 Å². The molecule has 2 atom stereocenters. The van der Waals surface area contributed by atoms with Gasteiger partial charge in [0.2, 0.25) is 0 Å². The molecular weight excluding hydrogens is 222 g/mol. The lowest BCUT2D eigenvalue weighted by atomic mass is 10.00. The summed E-state index contributed by atoms with van der Waals surface area (Å²) >= 11 is 0. The summed E-state index contributed by atoms with van der Waals surface area (Å²) in [5.41, 5.74) is 6.14. The monoisotopic (exact) mass is 253 g/mol. The van der Waals surface area contributed by atoms with Crippen molar-refractivity contribution in [3.05, 3.63) is 0 Å². The van der Waals surface area contributed by atoms with E-state index in [1.54, 1.807) is 0 Å².